The van der Waals surface area contributed by atoms with E-state index in [9.17, 15) is 9.59 Å². The highest BCUT2D eigenvalue weighted by molar-refractivity contribution is 7.09. The Kier molecular flexibility index (Phi) is 6.28. The van der Waals surface area contributed by atoms with E-state index in [1.807, 2.05) is 11.3 Å². The predicted molar refractivity (Wildman–Crippen MR) is 112 cm³/mol. The van der Waals surface area contributed by atoms with Crippen molar-refractivity contribution in [3.63, 3.8) is 0 Å². The molecule has 2 fully saturated rings. The number of nitrogens with zero attached hydrogens (tertiary/aromatic N) is 1. The summed E-state index contributed by atoms with van der Waals surface area (Å²) in [5.74, 6) is 1.13. The van der Waals surface area contributed by atoms with E-state index < -0.39 is 0 Å². The van der Waals surface area contributed by atoms with Crippen LogP contribution in [-0.2, 0) is 16.1 Å². The number of amides is 2. The molecule has 7 heteroatoms. The molecule has 4 rings (SSSR count). The minimum absolute atomic E-state index is 0.0964. The number of methoxy groups -OCH3 is 1. The Morgan fingerprint density at radius 1 is 1.17 bits per heavy atom. The number of carbonyl (C=O) groups is 2. The number of ether oxygens (including phenoxy) is 1. The van der Waals surface area contributed by atoms with Gasteiger partial charge in [-0.15, -0.1) is 11.3 Å². The molecule has 2 aliphatic rings. The van der Waals surface area contributed by atoms with Crippen LogP contribution in [0.1, 0.15) is 24.1 Å². The van der Waals surface area contributed by atoms with E-state index in [1.54, 1.807) is 36.3 Å². The third-order valence-corrected chi connectivity index (χ3v) is 6.96. The Morgan fingerprint density at radius 2 is 1.93 bits per heavy atom. The monoisotopic (exact) mass is 415 g/mol. The normalized spacial score (nSPS) is 24.9. The van der Waals surface area contributed by atoms with Gasteiger partial charge in [-0.1, -0.05) is 6.07 Å². The van der Waals surface area contributed by atoms with Gasteiger partial charge in [0.15, 0.2) is 6.04 Å². The highest BCUT2D eigenvalue weighted by Crippen LogP contribution is 2.24. The zero-order valence-corrected chi connectivity index (χ0v) is 17.6. The molecule has 1 aromatic carbocycles. The molecule has 6 nitrogen and oxygen atoms in total. The largest absolute Gasteiger partial charge is 0.497 e. The molecular weight excluding hydrogens is 386 g/mol. The summed E-state index contributed by atoms with van der Waals surface area (Å²) in [7, 11) is 1.60. The first-order valence-electron chi connectivity index (χ1n) is 10.3. The van der Waals surface area contributed by atoms with Gasteiger partial charge >= 0.3 is 0 Å². The molecule has 3 heterocycles. The predicted octanol–water partition coefficient (Wildman–Crippen LogP) is 0.447. The van der Waals surface area contributed by atoms with Gasteiger partial charge in [0.25, 0.3) is 5.91 Å². The van der Waals surface area contributed by atoms with E-state index in [2.05, 4.69) is 22.8 Å². The van der Waals surface area contributed by atoms with Gasteiger partial charge in [0.2, 0.25) is 5.91 Å². The average Bonchev–Trinajstić information content (AvgIpc) is 3.35. The number of piperidine rings is 1. The van der Waals surface area contributed by atoms with Crippen molar-refractivity contribution in [1.29, 1.82) is 0 Å². The summed E-state index contributed by atoms with van der Waals surface area (Å²) < 4.78 is 5.15. The van der Waals surface area contributed by atoms with E-state index in [4.69, 9.17) is 4.74 Å². The van der Waals surface area contributed by atoms with Crippen molar-refractivity contribution < 1.29 is 24.5 Å². The molecule has 1 atom stereocenters. The first-order chi connectivity index (χ1) is 14.1. The van der Waals surface area contributed by atoms with Crippen molar-refractivity contribution in [2.45, 2.75) is 31.8 Å². The number of anilines is 1. The molecule has 1 aromatic heterocycles. The molecular formula is C22H29N3O3S+2. The SMILES string of the molecule is COc1ccc(N2C(=O)C[C@@H]([NH2+]CC3CC[NH+](Cc4cccs4)CC3)C2=O)cc1. The van der Waals surface area contributed by atoms with Crippen LogP contribution in [0.15, 0.2) is 41.8 Å². The van der Waals surface area contributed by atoms with Crippen LogP contribution in [0.3, 0.4) is 0 Å². The van der Waals surface area contributed by atoms with Gasteiger partial charge < -0.3 is 15.0 Å². The summed E-state index contributed by atoms with van der Waals surface area (Å²) in [6.45, 7) is 4.42. The van der Waals surface area contributed by atoms with Gasteiger partial charge in [0, 0.05) is 18.8 Å². The van der Waals surface area contributed by atoms with Gasteiger partial charge in [-0.25, -0.2) is 4.90 Å². The highest BCUT2D eigenvalue weighted by atomic mass is 32.1. The Balaban J connectivity index is 1.26. The molecule has 0 bridgehead atoms. The topological polar surface area (TPSA) is 67.7 Å². The van der Waals surface area contributed by atoms with Gasteiger partial charge in [0.1, 0.15) is 12.3 Å². The van der Waals surface area contributed by atoms with Crippen molar-refractivity contribution in [2.75, 3.05) is 31.6 Å². The summed E-state index contributed by atoms with van der Waals surface area (Å²) in [5.41, 5.74) is 0.627. The molecule has 154 valence electrons. The number of nitrogens with two attached hydrogens (primary N) is 1. The molecule has 3 N–H and O–H groups in total. The lowest BCUT2D eigenvalue weighted by atomic mass is 9.96. The average molecular weight is 416 g/mol. The zero-order valence-electron chi connectivity index (χ0n) is 16.8. The summed E-state index contributed by atoms with van der Waals surface area (Å²) in [6, 6.07) is 11.1. The quantitative estimate of drug-likeness (QED) is 0.645. The van der Waals surface area contributed by atoms with Crippen LogP contribution in [-0.4, -0.2) is 44.6 Å². The highest BCUT2D eigenvalue weighted by Gasteiger charge is 2.42. The fourth-order valence-corrected chi connectivity index (χ4v) is 5.13. The molecule has 2 saturated heterocycles. The molecule has 2 amide bonds. The van der Waals surface area contributed by atoms with E-state index in [-0.39, 0.29) is 24.3 Å². The minimum Gasteiger partial charge on any atom is -0.497 e. The van der Waals surface area contributed by atoms with Crippen LogP contribution in [0.25, 0.3) is 0 Å². The fourth-order valence-electron chi connectivity index (χ4n) is 4.36. The lowest BCUT2D eigenvalue weighted by molar-refractivity contribution is -0.920. The number of hydrogen-bond acceptors (Lipinski definition) is 4. The van der Waals surface area contributed by atoms with Gasteiger partial charge in [0.05, 0.1) is 43.7 Å². The van der Waals surface area contributed by atoms with Crippen molar-refractivity contribution in [3.05, 3.63) is 46.7 Å². The van der Waals surface area contributed by atoms with Crippen molar-refractivity contribution in [3.8, 4) is 5.75 Å². The molecule has 2 aromatic rings. The summed E-state index contributed by atoms with van der Waals surface area (Å²) in [4.78, 5) is 29.7. The molecule has 0 saturated carbocycles. The number of quaternary nitrogens is 2. The van der Waals surface area contributed by atoms with E-state index in [1.165, 1.54) is 35.7 Å². The van der Waals surface area contributed by atoms with Crippen LogP contribution in [0.2, 0.25) is 0 Å². The molecule has 0 spiro atoms. The smallest absolute Gasteiger partial charge is 0.292 e. The fraction of sp³-hybridized carbons (Fsp3) is 0.455. The zero-order chi connectivity index (χ0) is 20.2. The lowest BCUT2D eigenvalue weighted by Gasteiger charge is -2.28. The lowest BCUT2D eigenvalue weighted by Crippen LogP contribution is -3.12. The summed E-state index contributed by atoms with van der Waals surface area (Å²) in [5, 5.41) is 4.24. The molecule has 0 radical (unpaired) electrons. The van der Waals surface area contributed by atoms with Crippen LogP contribution < -0.4 is 19.9 Å². The summed E-state index contributed by atoms with van der Waals surface area (Å²) >= 11 is 1.84. The Bertz CT molecular complexity index is 829. The maximum atomic E-state index is 12.8. The molecule has 0 aliphatic carbocycles. The maximum Gasteiger partial charge on any atom is 0.292 e. The Labute approximate surface area is 175 Å². The number of nitrogens with one attached hydrogen (secondary N) is 1. The van der Waals surface area contributed by atoms with E-state index in [0.29, 0.717) is 17.4 Å². The first kappa shape index (κ1) is 20.1. The Hall–Kier alpha value is -2.22. The second kappa shape index (κ2) is 9.07. The Morgan fingerprint density at radius 3 is 2.59 bits per heavy atom. The van der Waals surface area contributed by atoms with Crippen molar-refractivity contribution >= 4 is 28.8 Å². The van der Waals surface area contributed by atoms with Crippen molar-refractivity contribution in [1.82, 2.24) is 0 Å². The van der Waals surface area contributed by atoms with Crippen molar-refractivity contribution in [2.24, 2.45) is 5.92 Å². The maximum absolute atomic E-state index is 12.8. The molecule has 0 unspecified atom stereocenters. The van der Waals surface area contributed by atoms with E-state index >= 15 is 0 Å². The van der Waals surface area contributed by atoms with Gasteiger partial charge in [-0.05, 0) is 35.7 Å². The first-order valence-corrected chi connectivity index (χ1v) is 11.2. The number of carbonyl (C=O) groups excluding carboxylic acids is 2. The van der Waals surface area contributed by atoms with Crippen LogP contribution in [0.5, 0.6) is 5.75 Å². The number of thiophene rings is 1. The number of rotatable bonds is 7. The second-order valence-corrected chi connectivity index (χ2v) is 9.03. The van der Waals surface area contributed by atoms with Gasteiger partial charge in [-0.2, -0.15) is 0 Å². The third-order valence-electron chi connectivity index (χ3n) is 6.08. The number of imide groups is 1. The second-order valence-electron chi connectivity index (χ2n) is 8.00. The number of likely N-dealkylation sites (tertiary alicyclic amines) is 1. The van der Waals surface area contributed by atoms with Gasteiger partial charge in [-0.3, -0.25) is 9.59 Å². The van der Waals surface area contributed by atoms with E-state index in [0.717, 1.165) is 13.1 Å². The minimum atomic E-state index is -0.291. The summed E-state index contributed by atoms with van der Waals surface area (Å²) in [6.07, 6.45) is 2.66. The van der Waals surface area contributed by atoms with Crippen LogP contribution >= 0.6 is 11.3 Å². The number of benzene rings is 1. The standard InChI is InChI=1S/C22H27N3O3S/c1-28-18-6-4-17(5-7-18)25-21(26)13-20(22(25)27)23-14-16-8-10-24(11-9-16)15-19-3-2-12-29-19/h2-7,12,16,20,23H,8-11,13-15H2,1H3/p+2/t20-/m1/s1. The molecule has 2 aliphatic heterocycles. The molecule has 29 heavy (non-hydrogen) atoms. The van der Waals surface area contributed by atoms with Crippen LogP contribution in [0, 0.1) is 5.92 Å². The number of hydrogen-bond donors (Lipinski definition) is 2. The third kappa shape index (κ3) is 4.69. The van der Waals surface area contributed by atoms with Crippen LogP contribution in [0.4, 0.5) is 5.69 Å².